The SMILES string of the molecule is S=C(NCc1ccccc1)NN=C1CCCCCCCCCCC1. The molecule has 132 valence electrons. The fourth-order valence-corrected chi connectivity index (χ4v) is 3.20. The van der Waals surface area contributed by atoms with Crippen LogP contribution in [0.3, 0.4) is 0 Å². The number of nitrogens with zero attached hydrogens (tertiary/aromatic N) is 1. The van der Waals surface area contributed by atoms with Crippen molar-refractivity contribution in [3.05, 3.63) is 35.9 Å². The Kier molecular flexibility index (Phi) is 9.47. The summed E-state index contributed by atoms with van der Waals surface area (Å²) < 4.78 is 0. The van der Waals surface area contributed by atoms with Gasteiger partial charge in [-0.1, -0.05) is 75.3 Å². The lowest BCUT2D eigenvalue weighted by atomic mass is 10.00. The minimum absolute atomic E-state index is 0.609. The summed E-state index contributed by atoms with van der Waals surface area (Å²) in [7, 11) is 0. The van der Waals surface area contributed by atoms with Crippen LogP contribution in [0, 0.1) is 0 Å². The lowest BCUT2D eigenvalue weighted by Crippen LogP contribution is -2.32. The number of hydrogen-bond acceptors (Lipinski definition) is 2. The van der Waals surface area contributed by atoms with Crippen molar-refractivity contribution >= 4 is 23.0 Å². The van der Waals surface area contributed by atoms with Gasteiger partial charge in [-0.2, -0.15) is 5.10 Å². The van der Waals surface area contributed by atoms with Gasteiger partial charge in [-0.15, -0.1) is 0 Å². The Morgan fingerprint density at radius 3 is 1.96 bits per heavy atom. The molecule has 1 aliphatic rings. The van der Waals surface area contributed by atoms with Crippen LogP contribution in [0.4, 0.5) is 0 Å². The quantitative estimate of drug-likeness (QED) is 0.575. The first-order valence-corrected chi connectivity index (χ1v) is 9.88. The van der Waals surface area contributed by atoms with E-state index in [0.29, 0.717) is 5.11 Å². The van der Waals surface area contributed by atoms with Crippen LogP contribution in [0.15, 0.2) is 35.4 Å². The standard InChI is InChI=1S/C20H31N3S/c24-20(21-17-18-13-9-8-10-14-18)23-22-19-15-11-6-4-2-1-3-5-7-12-16-19/h8-10,13-14H,1-7,11-12,15-17H2,(H2,21,23,24). The van der Waals surface area contributed by atoms with Crippen LogP contribution >= 0.6 is 12.2 Å². The van der Waals surface area contributed by atoms with Crippen molar-refractivity contribution in [2.45, 2.75) is 77.2 Å². The fraction of sp³-hybridized carbons (Fsp3) is 0.600. The summed E-state index contributed by atoms with van der Waals surface area (Å²) in [5, 5.41) is 8.42. The van der Waals surface area contributed by atoms with Crippen molar-refractivity contribution in [1.29, 1.82) is 0 Å². The van der Waals surface area contributed by atoms with E-state index in [0.717, 1.165) is 19.4 Å². The monoisotopic (exact) mass is 345 g/mol. The fourth-order valence-electron chi connectivity index (χ4n) is 3.08. The van der Waals surface area contributed by atoms with Crippen LogP contribution in [0.25, 0.3) is 0 Å². The Morgan fingerprint density at radius 2 is 1.38 bits per heavy atom. The summed E-state index contributed by atoms with van der Waals surface area (Å²) in [4.78, 5) is 0. The predicted octanol–water partition coefficient (Wildman–Crippen LogP) is 5.31. The molecule has 1 saturated carbocycles. The molecular weight excluding hydrogens is 314 g/mol. The van der Waals surface area contributed by atoms with E-state index in [1.807, 2.05) is 18.2 Å². The second-order valence-corrected chi connectivity index (χ2v) is 7.05. The van der Waals surface area contributed by atoms with Crippen molar-refractivity contribution < 1.29 is 0 Å². The first-order chi connectivity index (χ1) is 11.8. The van der Waals surface area contributed by atoms with Crippen LogP contribution < -0.4 is 10.7 Å². The average molecular weight is 346 g/mol. The van der Waals surface area contributed by atoms with Crippen LogP contribution in [0.1, 0.15) is 76.2 Å². The van der Waals surface area contributed by atoms with Gasteiger partial charge < -0.3 is 5.32 Å². The number of nitrogens with one attached hydrogen (secondary N) is 2. The summed E-state index contributed by atoms with van der Waals surface area (Å²) >= 11 is 5.34. The summed E-state index contributed by atoms with van der Waals surface area (Å²) in [5.74, 6) is 0. The Labute approximate surface area is 152 Å². The Hall–Kier alpha value is -1.42. The van der Waals surface area contributed by atoms with Gasteiger partial charge in [0, 0.05) is 12.3 Å². The van der Waals surface area contributed by atoms with Gasteiger partial charge in [-0.05, 0) is 43.5 Å². The van der Waals surface area contributed by atoms with Gasteiger partial charge >= 0.3 is 0 Å². The molecule has 0 aromatic heterocycles. The van der Waals surface area contributed by atoms with E-state index in [1.165, 1.54) is 69.1 Å². The highest BCUT2D eigenvalue weighted by molar-refractivity contribution is 7.80. The van der Waals surface area contributed by atoms with Crippen molar-refractivity contribution in [1.82, 2.24) is 10.7 Å². The van der Waals surface area contributed by atoms with E-state index in [-0.39, 0.29) is 0 Å². The molecule has 2 N–H and O–H groups in total. The summed E-state index contributed by atoms with van der Waals surface area (Å²) in [6.07, 6.45) is 14.3. The van der Waals surface area contributed by atoms with Crippen LogP contribution in [0.2, 0.25) is 0 Å². The zero-order valence-electron chi connectivity index (χ0n) is 14.7. The van der Waals surface area contributed by atoms with Crippen LogP contribution in [-0.4, -0.2) is 10.8 Å². The van der Waals surface area contributed by atoms with Gasteiger partial charge in [0.2, 0.25) is 0 Å². The van der Waals surface area contributed by atoms with Crippen molar-refractivity contribution in [3.63, 3.8) is 0 Å². The van der Waals surface area contributed by atoms with E-state index in [1.54, 1.807) is 0 Å². The molecule has 0 bridgehead atoms. The Bertz CT molecular complexity index is 485. The summed E-state index contributed by atoms with van der Waals surface area (Å²) in [6.45, 7) is 0.734. The molecule has 0 heterocycles. The molecule has 2 rings (SSSR count). The highest BCUT2D eigenvalue weighted by atomic mass is 32.1. The zero-order valence-corrected chi connectivity index (χ0v) is 15.5. The zero-order chi connectivity index (χ0) is 16.9. The third-order valence-corrected chi connectivity index (χ3v) is 4.78. The third-order valence-electron chi connectivity index (χ3n) is 4.54. The Balaban J connectivity index is 1.74. The molecule has 0 unspecified atom stereocenters. The normalized spacial score (nSPS) is 17.2. The van der Waals surface area contributed by atoms with Crippen LogP contribution in [0.5, 0.6) is 0 Å². The maximum absolute atomic E-state index is 5.34. The van der Waals surface area contributed by atoms with E-state index in [2.05, 4.69) is 28.0 Å². The summed E-state index contributed by atoms with van der Waals surface area (Å²) in [6, 6.07) is 10.3. The molecule has 0 spiro atoms. The molecule has 24 heavy (non-hydrogen) atoms. The van der Waals surface area contributed by atoms with Crippen molar-refractivity contribution in [2.24, 2.45) is 5.10 Å². The van der Waals surface area contributed by atoms with Crippen LogP contribution in [-0.2, 0) is 6.54 Å². The highest BCUT2D eigenvalue weighted by Gasteiger charge is 2.04. The van der Waals surface area contributed by atoms with Gasteiger partial charge in [0.05, 0.1) is 0 Å². The predicted molar refractivity (Wildman–Crippen MR) is 107 cm³/mol. The van der Waals surface area contributed by atoms with Gasteiger partial charge in [0.1, 0.15) is 0 Å². The molecule has 0 aliphatic heterocycles. The highest BCUT2D eigenvalue weighted by Crippen LogP contribution is 2.15. The van der Waals surface area contributed by atoms with Crippen molar-refractivity contribution in [2.75, 3.05) is 0 Å². The lowest BCUT2D eigenvalue weighted by molar-refractivity contribution is 0.555. The molecule has 1 fully saturated rings. The molecule has 3 nitrogen and oxygen atoms in total. The van der Waals surface area contributed by atoms with E-state index in [9.17, 15) is 0 Å². The van der Waals surface area contributed by atoms with Gasteiger partial charge in [0.15, 0.2) is 5.11 Å². The molecular formula is C20H31N3S. The molecule has 1 aliphatic carbocycles. The van der Waals surface area contributed by atoms with E-state index in [4.69, 9.17) is 12.2 Å². The first-order valence-electron chi connectivity index (χ1n) is 9.48. The van der Waals surface area contributed by atoms with E-state index >= 15 is 0 Å². The lowest BCUT2D eigenvalue weighted by Gasteiger charge is -2.11. The van der Waals surface area contributed by atoms with Gasteiger partial charge in [0.25, 0.3) is 0 Å². The number of hydrogen-bond donors (Lipinski definition) is 2. The minimum Gasteiger partial charge on any atom is -0.357 e. The molecule has 0 radical (unpaired) electrons. The maximum atomic E-state index is 5.34. The minimum atomic E-state index is 0.609. The molecule has 0 saturated heterocycles. The maximum Gasteiger partial charge on any atom is 0.187 e. The molecule has 0 atom stereocenters. The largest absolute Gasteiger partial charge is 0.357 e. The topological polar surface area (TPSA) is 36.4 Å². The number of rotatable bonds is 3. The number of thiocarbonyl (C=S) groups is 1. The average Bonchev–Trinajstić information content (AvgIpc) is 2.60. The van der Waals surface area contributed by atoms with Crippen molar-refractivity contribution in [3.8, 4) is 0 Å². The summed E-state index contributed by atoms with van der Waals surface area (Å²) in [5.41, 5.74) is 5.54. The molecule has 0 amide bonds. The first kappa shape index (κ1) is 18.9. The molecule has 1 aromatic carbocycles. The Morgan fingerprint density at radius 1 is 0.833 bits per heavy atom. The smallest absolute Gasteiger partial charge is 0.187 e. The van der Waals surface area contributed by atoms with Gasteiger partial charge in [-0.25, -0.2) is 0 Å². The molecule has 4 heteroatoms. The van der Waals surface area contributed by atoms with E-state index < -0.39 is 0 Å². The second-order valence-electron chi connectivity index (χ2n) is 6.64. The number of hydrazone groups is 1. The number of benzene rings is 1. The van der Waals surface area contributed by atoms with Gasteiger partial charge in [-0.3, -0.25) is 5.43 Å². The third kappa shape index (κ3) is 8.44. The second kappa shape index (κ2) is 12.0. The molecule has 1 aromatic rings.